The maximum absolute atomic E-state index is 10.7. The molecule has 0 N–H and O–H groups in total. The van der Waals surface area contributed by atoms with E-state index in [-0.39, 0.29) is 0 Å². The minimum atomic E-state index is -0.415. The van der Waals surface area contributed by atoms with Crippen LogP contribution in [0, 0.1) is 10.1 Å². The summed E-state index contributed by atoms with van der Waals surface area (Å²) in [4.78, 5) is 10.3. The minimum absolute atomic E-state index is 0.415. The van der Waals surface area contributed by atoms with Crippen LogP contribution < -0.4 is 9.47 Å². The molecule has 1 rings (SSSR count). The van der Waals surface area contributed by atoms with Gasteiger partial charge in [-0.25, -0.2) is 0 Å². The van der Waals surface area contributed by atoms with Gasteiger partial charge in [0.15, 0.2) is 11.5 Å². The van der Waals surface area contributed by atoms with Crippen molar-refractivity contribution in [1.82, 2.24) is 0 Å². The van der Waals surface area contributed by atoms with Crippen LogP contribution in [0.25, 0.3) is 5.57 Å². The monoisotopic (exact) mass is 265 g/mol. The van der Waals surface area contributed by atoms with Crippen molar-refractivity contribution in [3.63, 3.8) is 0 Å². The van der Waals surface area contributed by atoms with Gasteiger partial charge in [-0.05, 0) is 30.5 Å². The number of unbranched alkanes of at least 4 members (excludes halogenated alkanes) is 1. The normalized spacial score (nSPS) is 11.2. The molecule has 0 aliphatic carbocycles. The SMILES string of the molecule is CCCC/C(=C/[N+](=O)[O-])c1ccc(OC)c(OC)c1. The van der Waals surface area contributed by atoms with Gasteiger partial charge in [-0.1, -0.05) is 19.4 Å². The maximum Gasteiger partial charge on any atom is 0.238 e. The molecule has 0 aliphatic heterocycles. The van der Waals surface area contributed by atoms with Crippen LogP contribution >= 0.6 is 0 Å². The molecule has 104 valence electrons. The van der Waals surface area contributed by atoms with E-state index >= 15 is 0 Å². The van der Waals surface area contributed by atoms with Crippen LogP contribution in [0.5, 0.6) is 11.5 Å². The summed E-state index contributed by atoms with van der Waals surface area (Å²) < 4.78 is 10.4. The van der Waals surface area contributed by atoms with Crippen LogP contribution in [0.15, 0.2) is 24.4 Å². The van der Waals surface area contributed by atoms with Crippen molar-refractivity contribution in [2.24, 2.45) is 0 Å². The average Bonchev–Trinajstić information content (AvgIpc) is 2.42. The second-order valence-electron chi connectivity index (χ2n) is 4.11. The van der Waals surface area contributed by atoms with Crippen molar-refractivity contribution in [3.8, 4) is 11.5 Å². The van der Waals surface area contributed by atoms with E-state index < -0.39 is 4.92 Å². The van der Waals surface area contributed by atoms with E-state index in [9.17, 15) is 10.1 Å². The van der Waals surface area contributed by atoms with E-state index in [2.05, 4.69) is 6.92 Å². The Labute approximate surface area is 113 Å². The third-order valence-electron chi connectivity index (χ3n) is 2.82. The molecule has 0 spiro atoms. The van der Waals surface area contributed by atoms with Crippen molar-refractivity contribution in [2.75, 3.05) is 14.2 Å². The molecule has 0 bridgehead atoms. The van der Waals surface area contributed by atoms with Gasteiger partial charge in [0, 0.05) is 5.57 Å². The van der Waals surface area contributed by atoms with E-state index in [1.54, 1.807) is 26.4 Å². The van der Waals surface area contributed by atoms with E-state index in [0.717, 1.165) is 24.6 Å². The molecule has 0 saturated carbocycles. The van der Waals surface area contributed by atoms with Crippen molar-refractivity contribution in [2.45, 2.75) is 26.2 Å². The number of hydrogen-bond acceptors (Lipinski definition) is 4. The van der Waals surface area contributed by atoms with Gasteiger partial charge in [-0.15, -0.1) is 0 Å². The van der Waals surface area contributed by atoms with Gasteiger partial charge in [-0.3, -0.25) is 10.1 Å². The molecule has 0 unspecified atom stereocenters. The molecule has 0 radical (unpaired) electrons. The zero-order valence-electron chi connectivity index (χ0n) is 11.5. The lowest BCUT2D eigenvalue weighted by atomic mass is 10.0. The lowest BCUT2D eigenvalue weighted by Crippen LogP contribution is -1.95. The molecule has 0 aromatic heterocycles. The maximum atomic E-state index is 10.7. The quantitative estimate of drug-likeness (QED) is 0.559. The van der Waals surface area contributed by atoms with Crippen LogP contribution in [0.4, 0.5) is 0 Å². The Morgan fingerprint density at radius 3 is 2.53 bits per heavy atom. The van der Waals surface area contributed by atoms with E-state index in [0.29, 0.717) is 23.5 Å². The molecule has 0 amide bonds. The summed E-state index contributed by atoms with van der Waals surface area (Å²) in [7, 11) is 3.10. The summed E-state index contributed by atoms with van der Waals surface area (Å²) in [6, 6.07) is 5.34. The number of methoxy groups -OCH3 is 2. The summed E-state index contributed by atoms with van der Waals surface area (Å²) in [5, 5.41) is 10.7. The van der Waals surface area contributed by atoms with Crippen molar-refractivity contribution in [3.05, 3.63) is 40.1 Å². The molecule has 0 fully saturated rings. The number of benzene rings is 1. The van der Waals surface area contributed by atoms with Crippen LogP contribution in [0.3, 0.4) is 0 Å². The first-order chi connectivity index (χ1) is 9.12. The van der Waals surface area contributed by atoms with Crippen LogP contribution in [0.2, 0.25) is 0 Å². The molecular formula is C14H19NO4. The molecule has 19 heavy (non-hydrogen) atoms. The number of allylic oxidation sites excluding steroid dienone is 1. The highest BCUT2D eigenvalue weighted by atomic mass is 16.6. The molecule has 1 aromatic carbocycles. The Bertz CT molecular complexity index is 469. The zero-order chi connectivity index (χ0) is 14.3. The van der Waals surface area contributed by atoms with Crippen LogP contribution in [-0.4, -0.2) is 19.1 Å². The first kappa shape index (κ1) is 15.0. The highest BCUT2D eigenvalue weighted by Gasteiger charge is 2.10. The topological polar surface area (TPSA) is 61.6 Å². The zero-order valence-corrected chi connectivity index (χ0v) is 11.5. The van der Waals surface area contributed by atoms with E-state index in [1.807, 2.05) is 6.07 Å². The Balaban J connectivity index is 3.12. The third-order valence-corrected chi connectivity index (χ3v) is 2.82. The third kappa shape index (κ3) is 4.28. The smallest absolute Gasteiger partial charge is 0.238 e. The second-order valence-corrected chi connectivity index (χ2v) is 4.11. The minimum Gasteiger partial charge on any atom is -0.493 e. The molecule has 0 atom stereocenters. The number of rotatable bonds is 7. The van der Waals surface area contributed by atoms with E-state index in [1.165, 1.54) is 0 Å². The Hall–Kier alpha value is -2.04. The van der Waals surface area contributed by atoms with Gasteiger partial charge in [-0.2, -0.15) is 0 Å². The molecule has 1 aromatic rings. The van der Waals surface area contributed by atoms with Gasteiger partial charge in [0.25, 0.3) is 0 Å². The van der Waals surface area contributed by atoms with Crippen LogP contribution in [-0.2, 0) is 0 Å². The Morgan fingerprint density at radius 1 is 1.32 bits per heavy atom. The summed E-state index contributed by atoms with van der Waals surface area (Å²) in [6.45, 7) is 2.05. The fraction of sp³-hybridized carbons (Fsp3) is 0.429. The fourth-order valence-electron chi connectivity index (χ4n) is 1.81. The largest absolute Gasteiger partial charge is 0.493 e. The molecule has 0 aliphatic rings. The summed E-state index contributed by atoms with van der Waals surface area (Å²) in [5.74, 6) is 1.19. The molecule has 0 saturated heterocycles. The predicted octanol–water partition coefficient (Wildman–Crippen LogP) is 3.51. The summed E-state index contributed by atoms with van der Waals surface area (Å²) >= 11 is 0. The van der Waals surface area contributed by atoms with Gasteiger partial charge in [0.05, 0.1) is 19.1 Å². The highest BCUT2D eigenvalue weighted by molar-refractivity contribution is 5.67. The van der Waals surface area contributed by atoms with Crippen LogP contribution in [0.1, 0.15) is 31.7 Å². The standard InChI is InChI=1S/C14H19NO4/c1-4-5-6-12(10-15(16)17)11-7-8-13(18-2)14(9-11)19-3/h7-10H,4-6H2,1-3H3/b12-10-. The molecule has 0 heterocycles. The number of ether oxygens (including phenoxy) is 2. The Kier molecular flexibility index (Phi) is 5.85. The predicted molar refractivity (Wildman–Crippen MR) is 74.0 cm³/mol. The van der Waals surface area contributed by atoms with E-state index in [4.69, 9.17) is 9.47 Å². The number of hydrogen-bond donors (Lipinski definition) is 0. The Morgan fingerprint density at radius 2 is 2.00 bits per heavy atom. The van der Waals surface area contributed by atoms with Gasteiger partial charge in [0.1, 0.15) is 0 Å². The average molecular weight is 265 g/mol. The van der Waals surface area contributed by atoms with Crippen molar-refractivity contribution in [1.29, 1.82) is 0 Å². The summed E-state index contributed by atoms with van der Waals surface area (Å²) in [5.41, 5.74) is 1.50. The number of nitro groups is 1. The molecule has 5 nitrogen and oxygen atoms in total. The van der Waals surface area contributed by atoms with Crippen molar-refractivity contribution < 1.29 is 14.4 Å². The lowest BCUT2D eigenvalue weighted by Gasteiger charge is -2.10. The molecule has 5 heteroatoms. The fourth-order valence-corrected chi connectivity index (χ4v) is 1.81. The first-order valence-corrected chi connectivity index (χ1v) is 6.19. The lowest BCUT2D eigenvalue weighted by molar-refractivity contribution is -0.401. The summed E-state index contributed by atoms with van der Waals surface area (Å²) in [6.07, 6.45) is 3.64. The van der Waals surface area contributed by atoms with Crippen molar-refractivity contribution >= 4 is 5.57 Å². The van der Waals surface area contributed by atoms with Gasteiger partial charge in [0.2, 0.25) is 6.20 Å². The second kappa shape index (κ2) is 7.41. The van der Waals surface area contributed by atoms with Gasteiger partial charge >= 0.3 is 0 Å². The number of nitrogens with zero attached hydrogens (tertiary/aromatic N) is 1. The highest BCUT2D eigenvalue weighted by Crippen LogP contribution is 2.31. The molecular weight excluding hydrogens is 246 g/mol. The van der Waals surface area contributed by atoms with Gasteiger partial charge < -0.3 is 9.47 Å². The first-order valence-electron chi connectivity index (χ1n) is 6.19.